The van der Waals surface area contributed by atoms with E-state index in [0.29, 0.717) is 49.4 Å². The molecule has 73 heavy (non-hydrogen) atoms. The van der Waals surface area contributed by atoms with Crippen molar-refractivity contribution in [2.45, 2.75) is 227 Å². The summed E-state index contributed by atoms with van der Waals surface area (Å²) in [5.74, 6) is 1.08. The van der Waals surface area contributed by atoms with Gasteiger partial charge in [0.25, 0.3) is 0 Å². The average Bonchev–Trinajstić information content (AvgIpc) is 3.91. The Hall–Kier alpha value is -1.14. The van der Waals surface area contributed by atoms with Crippen LogP contribution in [-0.2, 0) is 47.4 Å². The Balaban J connectivity index is 0.840. The molecule has 0 spiro atoms. The summed E-state index contributed by atoms with van der Waals surface area (Å²) in [7, 11) is 1.72. The third-order valence-electron chi connectivity index (χ3n) is 19.6. The van der Waals surface area contributed by atoms with E-state index in [4.69, 9.17) is 47.4 Å². The van der Waals surface area contributed by atoms with Gasteiger partial charge in [-0.1, -0.05) is 39.3 Å². The van der Waals surface area contributed by atoms with Crippen molar-refractivity contribution in [3.05, 3.63) is 11.6 Å². The molecule has 5 aliphatic heterocycles. The molecule has 8 fully saturated rings. The Bertz CT molecular complexity index is 1880. The van der Waals surface area contributed by atoms with Crippen LogP contribution in [0.4, 0.5) is 0 Å². The van der Waals surface area contributed by atoms with Crippen molar-refractivity contribution in [2.75, 3.05) is 33.5 Å². The van der Waals surface area contributed by atoms with Crippen LogP contribution >= 0.6 is 0 Å². The Kier molecular flexibility index (Phi) is 17.2. The van der Waals surface area contributed by atoms with Crippen molar-refractivity contribution in [1.82, 2.24) is 0 Å². The van der Waals surface area contributed by atoms with Gasteiger partial charge < -0.3 is 109 Å². The van der Waals surface area contributed by atoms with E-state index in [1.54, 1.807) is 7.11 Å². The average molecular weight is 1050 g/mol. The fourth-order valence-corrected chi connectivity index (χ4v) is 15.0. The minimum absolute atomic E-state index is 0.00526. The Morgan fingerprint density at radius 3 is 1.90 bits per heavy atom. The third kappa shape index (κ3) is 9.94. The summed E-state index contributed by atoms with van der Waals surface area (Å²) in [5.41, 5.74) is 1.08. The van der Waals surface area contributed by atoms with Crippen LogP contribution in [0.1, 0.15) is 92.4 Å². The second-order valence-corrected chi connectivity index (χ2v) is 23.4. The van der Waals surface area contributed by atoms with E-state index >= 15 is 0 Å². The monoisotopic (exact) mass is 1050 g/mol. The number of hydrogen-bond acceptors (Lipinski definition) is 22. The normalized spacial score (nSPS) is 54.3. The summed E-state index contributed by atoms with van der Waals surface area (Å²) < 4.78 is 61.1. The highest BCUT2D eigenvalue weighted by molar-refractivity contribution is 5.26. The first-order chi connectivity index (χ1) is 34.7. The van der Waals surface area contributed by atoms with Gasteiger partial charge in [0, 0.05) is 24.9 Å². The number of ether oxygens (including phenoxy) is 10. The minimum Gasteiger partial charge on any atom is -0.394 e. The molecular formula is C51H84O22. The van der Waals surface area contributed by atoms with Crippen LogP contribution in [0.3, 0.4) is 0 Å². The number of methoxy groups -OCH3 is 1. The molecule has 0 aromatic heterocycles. The molecule has 0 radical (unpaired) electrons. The Morgan fingerprint density at radius 2 is 1.22 bits per heavy atom. The predicted octanol–water partition coefficient (Wildman–Crippen LogP) is -1.71. The molecule has 12 N–H and O–H groups in total. The zero-order valence-electron chi connectivity index (χ0n) is 42.8. The second-order valence-electron chi connectivity index (χ2n) is 23.4. The summed E-state index contributed by atoms with van der Waals surface area (Å²) in [6.45, 7) is 8.90. The van der Waals surface area contributed by atoms with Gasteiger partial charge in [0.1, 0.15) is 85.5 Å². The van der Waals surface area contributed by atoms with Crippen LogP contribution in [0.25, 0.3) is 0 Å². The predicted molar refractivity (Wildman–Crippen MR) is 249 cm³/mol. The zero-order chi connectivity index (χ0) is 52.6. The van der Waals surface area contributed by atoms with Crippen molar-refractivity contribution < 1.29 is 109 Å². The van der Waals surface area contributed by atoms with Gasteiger partial charge >= 0.3 is 0 Å². The van der Waals surface area contributed by atoms with Gasteiger partial charge in [-0.25, -0.2) is 0 Å². The Morgan fingerprint density at radius 1 is 0.644 bits per heavy atom. The molecule has 0 aromatic rings. The van der Waals surface area contributed by atoms with Crippen molar-refractivity contribution in [2.24, 2.45) is 46.3 Å². The molecule has 2 unspecified atom stereocenters. The van der Waals surface area contributed by atoms with Crippen molar-refractivity contribution in [3.63, 3.8) is 0 Å². The van der Waals surface area contributed by atoms with Gasteiger partial charge in [0.2, 0.25) is 0 Å². The van der Waals surface area contributed by atoms with E-state index < -0.39 is 148 Å². The van der Waals surface area contributed by atoms with E-state index in [1.807, 2.05) is 6.92 Å². The van der Waals surface area contributed by atoms with E-state index in [1.165, 1.54) is 12.5 Å². The fourth-order valence-electron chi connectivity index (χ4n) is 15.0. The zero-order valence-corrected chi connectivity index (χ0v) is 42.8. The lowest BCUT2D eigenvalue weighted by atomic mass is 9.49. The molecule has 3 saturated carbocycles. The topological polar surface area (TPSA) is 335 Å². The number of aliphatic hydroxyl groups is 12. The van der Waals surface area contributed by atoms with Gasteiger partial charge in [-0.05, 0) is 93.3 Å². The molecule has 30 atom stereocenters. The Labute approximate surface area is 426 Å². The lowest BCUT2D eigenvalue weighted by molar-refractivity contribution is -0.376. The first-order valence-electron chi connectivity index (χ1n) is 26.7. The molecule has 420 valence electrons. The molecule has 22 nitrogen and oxygen atoms in total. The van der Waals surface area contributed by atoms with E-state index in [9.17, 15) is 61.3 Å². The van der Waals surface area contributed by atoms with Crippen molar-refractivity contribution in [1.29, 1.82) is 0 Å². The lowest BCUT2D eigenvalue weighted by Gasteiger charge is -2.57. The molecule has 22 heteroatoms. The smallest absolute Gasteiger partial charge is 0.187 e. The standard InChI is InChI=1S/C51H84O22/c1-21(20-65-45-40(61)38(59)35(56)30(17-52)68-45)11-14-51(64-6)23(3)50(5)29-10-9-28-26(27(29)16-33(50)73-51)8-7-24-15-25(12-13-49(24,28)4)67-48-42(63)44(72-46-41(62)37(58)34(55)22(2)66-46)43(32(19-54)70-48)71-47-39(60)36(57)31(18-53)69-47/h7,21-23,25-48,52-63H,8-20H2,1-6H3/t21-,22+,23+,25+,26+,27+,28?,29?,30-,31+,32+,33+,34+,35-,36+,37-,38+,39-,40-,41-,42+,43+,44+,45-,46+,47+,48+,49+,50-,51+/m1/s1. The van der Waals surface area contributed by atoms with Gasteiger partial charge in [0.15, 0.2) is 30.9 Å². The number of allylic oxidation sites excluding steroid dienone is 1. The first kappa shape index (κ1) is 56.6. The maximum Gasteiger partial charge on any atom is 0.187 e. The van der Waals surface area contributed by atoms with Crippen molar-refractivity contribution >= 4 is 0 Å². The first-order valence-corrected chi connectivity index (χ1v) is 26.7. The van der Waals surface area contributed by atoms with Crippen LogP contribution in [-0.4, -0.2) is 230 Å². The summed E-state index contributed by atoms with van der Waals surface area (Å²) in [5, 5.41) is 126. The van der Waals surface area contributed by atoms with E-state index in [0.717, 1.165) is 32.1 Å². The van der Waals surface area contributed by atoms with E-state index in [-0.39, 0.29) is 35.4 Å². The van der Waals surface area contributed by atoms with Gasteiger partial charge in [-0.3, -0.25) is 0 Å². The fraction of sp³-hybridized carbons (Fsp3) is 0.961. The van der Waals surface area contributed by atoms with Gasteiger partial charge in [-0.15, -0.1) is 0 Å². The van der Waals surface area contributed by atoms with Gasteiger partial charge in [-0.2, -0.15) is 0 Å². The molecule has 0 bridgehead atoms. The molecule has 9 aliphatic rings. The van der Waals surface area contributed by atoms with Crippen LogP contribution < -0.4 is 0 Å². The second kappa shape index (κ2) is 22.2. The number of fused-ring (bicyclic) bond motifs is 7. The molecule has 5 heterocycles. The summed E-state index contributed by atoms with van der Waals surface area (Å²) in [4.78, 5) is 0. The number of rotatable bonds is 16. The summed E-state index contributed by atoms with van der Waals surface area (Å²) in [6, 6.07) is 0. The summed E-state index contributed by atoms with van der Waals surface area (Å²) >= 11 is 0. The quantitative estimate of drug-likeness (QED) is 0.0766. The van der Waals surface area contributed by atoms with Gasteiger partial charge in [0.05, 0.1) is 44.7 Å². The lowest BCUT2D eigenvalue weighted by Crippen LogP contribution is -2.65. The molecule has 5 saturated heterocycles. The maximum absolute atomic E-state index is 12.0. The molecule has 9 rings (SSSR count). The highest BCUT2D eigenvalue weighted by Gasteiger charge is 2.70. The van der Waals surface area contributed by atoms with Crippen LogP contribution in [0.15, 0.2) is 11.6 Å². The summed E-state index contributed by atoms with van der Waals surface area (Å²) in [6.07, 6.45) is -17.9. The maximum atomic E-state index is 12.0. The SMILES string of the molecule is CO[C@@]1(CC[C@@H](C)CO[C@@H]2O[C@H](CO)[C@@H](O)[C@H](O)[C@H]2O)O[C@H]2C[C@@H]3C(CCC4[C@H]3CC=C3C[C@@H](O[C@H]5O[C@@H](CO)[C@H](O[C@@H]6O[C@@H](CO)[C@H](O)[C@H]6O)[C@@H](O[C@@H]6O[C@@H](C)[C@H](O)[C@@H](O)[C@H]6O)[C@@H]5O)CC[C@@]34C)[C@@]2(C)[C@@H]1C. The third-order valence-corrected chi connectivity index (χ3v) is 19.6. The largest absolute Gasteiger partial charge is 0.394 e. The van der Waals surface area contributed by atoms with Crippen LogP contribution in [0.2, 0.25) is 0 Å². The van der Waals surface area contributed by atoms with Crippen LogP contribution in [0, 0.1) is 46.3 Å². The minimum atomic E-state index is -1.76. The number of hydrogen-bond donors (Lipinski definition) is 12. The molecule has 0 amide bonds. The highest BCUT2D eigenvalue weighted by atomic mass is 16.8. The van der Waals surface area contributed by atoms with Crippen LogP contribution in [0.5, 0.6) is 0 Å². The number of aliphatic hydroxyl groups excluding tert-OH is 12. The molecule has 4 aliphatic carbocycles. The molecule has 0 aromatic carbocycles. The highest BCUT2D eigenvalue weighted by Crippen LogP contribution is 2.70. The van der Waals surface area contributed by atoms with Crippen molar-refractivity contribution in [3.8, 4) is 0 Å². The molecular weight excluding hydrogens is 965 g/mol. The van der Waals surface area contributed by atoms with E-state index in [2.05, 4.69) is 26.8 Å².